The van der Waals surface area contributed by atoms with Gasteiger partial charge in [-0.1, -0.05) is 0 Å². The Balaban J connectivity index is 2.93. The van der Waals surface area contributed by atoms with Crippen LogP contribution in [0.3, 0.4) is 0 Å². The topological polar surface area (TPSA) is 30.5 Å². The van der Waals surface area contributed by atoms with Gasteiger partial charge in [0.25, 0.3) is 0 Å². The molecule has 4 heteroatoms. The van der Waals surface area contributed by atoms with E-state index in [0.29, 0.717) is 0 Å². The summed E-state index contributed by atoms with van der Waals surface area (Å²) in [6.07, 6.45) is 4.13. The van der Waals surface area contributed by atoms with Crippen LogP contribution in [0.5, 0.6) is 11.5 Å². The standard InChI is InChI=1S/C13H21NO2S/c1-14-7-5-6-10-8-12(16-3)13(17-4)9-11(10)15-2/h8-9,14H,5-7H2,1-4H3. The van der Waals surface area contributed by atoms with Crippen molar-refractivity contribution < 1.29 is 9.47 Å². The van der Waals surface area contributed by atoms with Crippen molar-refractivity contribution in [2.45, 2.75) is 17.7 Å². The lowest BCUT2D eigenvalue weighted by molar-refractivity contribution is 0.390. The predicted molar refractivity (Wildman–Crippen MR) is 73.6 cm³/mol. The second-order valence-corrected chi connectivity index (χ2v) is 4.57. The van der Waals surface area contributed by atoms with Crippen LogP contribution in [0.2, 0.25) is 0 Å². The first-order valence-corrected chi connectivity index (χ1v) is 6.92. The molecule has 0 aliphatic rings. The van der Waals surface area contributed by atoms with E-state index in [1.807, 2.05) is 13.3 Å². The maximum Gasteiger partial charge on any atom is 0.132 e. The lowest BCUT2D eigenvalue weighted by atomic mass is 10.1. The van der Waals surface area contributed by atoms with Crippen LogP contribution in [0.25, 0.3) is 0 Å². The van der Waals surface area contributed by atoms with Crippen molar-refractivity contribution in [2.75, 3.05) is 34.1 Å². The molecule has 0 radical (unpaired) electrons. The van der Waals surface area contributed by atoms with Crippen LogP contribution in [-0.2, 0) is 6.42 Å². The molecule has 3 nitrogen and oxygen atoms in total. The molecule has 0 unspecified atom stereocenters. The van der Waals surface area contributed by atoms with E-state index >= 15 is 0 Å². The van der Waals surface area contributed by atoms with Crippen molar-refractivity contribution in [1.82, 2.24) is 5.32 Å². The second-order valence-electron chi connectivity index (χ2n) is 3.73. The minimum Gasteiger partial charge on any atom is -0.496 e. The second kappa shape index (κ2) is 7.45. The summed E-state index contributed by atoms with van der Waals surface area (Å²) in [5.41, 5.74) is 1.21. The Kier molecular flexibility index (Phi) is 6.22. The Morgan fingerprint density at radius 2 is 1.88 bits per heavy atom. The molecule has 1 aromatic rings. The van der Waals surface area contributed by atoms with Gasteiger partial charge < -0.3 is 14.8 Å². The van der Waals surface area contributed by atoms with Gasteiger partial charge in [0, 0.05) is 0 Å². The van der Waals surface area contributed by atoms with Gasteiger partial charge in [0.05, 0.1) is 19.1 Å². The van der Waals surface area contributed by atoms with Crippen LogP contribution in [0.4, 0.5) is 0 Å². The number of rotatable bonds is 7. The molecule has 0 fully saturated rings. The van der Waals surface area contributed by atoms with Crippen LogP contribution >= 0.6 is 11.8 Å². The van der Waals surface area contributed by atoms with E-state index in [4.69, 9.17) is 9.47 Å². The third-order valence-corrected chi connectivity index (χ3v) is 3.42. The first-order valence-electron chi connectivity index (χ1n) is 5.70. The molecule has 0 aromatic heterocycles. The number of hydrogen-bond donors (Lipinski definition) is 1. The summed E-state index contributed by atoms with van der Waals surface area (Å²) < 4.78 is 10.8. The molecule has 0 atom stereocenters. The van der Waals surface area contributed by atoms with E-state index in [1.165, 1.54) is 5.56 Å². The van der Waals surface area contributed by atoms with Crippen molar-refractivity contribution in [3.63, 3.8) is 0 Å². The van der Waals surface area contributed by atoms with Crippen LogP contribution < -0.4 is 14.8 Å². The SMILES string of the molecule is CNCCCc1cc(OC)c(SC)cc1OC. The molecular formula is C13H21NO2S. The zero-order valence-corrected chi connectivity index (χ0v) is 11.8. The normalized spacial score (nSPS) is 10.4. The van der Waals surface area contributed by atoms with Gasteiger partial charge in [0.1, 0.15) is 11.5 Å². The fourth-order valence-corrected chi connectivity index (χ4v) is 2.31. The van der Waals surface area contributed by atoms with Crippen LogP contribution in [0.1, 0.15) is 12.0 Å². The number of hydrogen-bond acceptors (Lipinski definition) is 4. The summed E-state index contributed by atoms with van der Waals surface area (Å²) in [6, 6.07) is 4.14. The lowest BCUT2D eigenvalue weighted by Crippen LogP contribution is -2.08. The van der Waals surface area contributed by atoms with Gasteiger partial charge in [-0.2, -0.15) is 0 Å². The third-order valence-electron chi connectivity index (χ3n) is 2.66. The minimum atomic E-state index is 0.928. The van der Waals surface area contributed by atoms with Crippen molar-refractivity contribution in [2.24, 2.45) is 0 Å². The number of thioether (sulfide) groups is 1. The van der Waals surface area contributed by atoms with Crippen LogP contribution in [0.15, 0.2) is 17.0 Å². The maximum atomic E-state index is 5.43. The maximum absolute atomic E-state index is 5.43. The highest BCUT2D eigenvalue weighted by molar-refractivity contribution is 7.98. The van der Waals surface area contributed by atoms with E-state index in [9.17, 15) is 0 Å². The molecular weight excluding hydrogens is 234 g/mol. The van der Waals surface area contributed by atoms with E-state index in [2.05, 4.69) is 17.4 Å². The summed E-state index contributed by atoms with van der Waals surface area (Å²) >= 11 is 1.67. The van der Waals surface area contributed by atoms with Gasteiger partial charge >= 0.3 is 0 Å². The predicted octanol–water partition coefficient (Wildman–Crippen LogP) is 2.58. The molecule has 0 heterocycles. The molecule has 1 rings (SSSR count). The molecule has 1 aromatic carbocycles. The van der Waals surface area contributed by atoms with Crippen molar-refractivity contribution in [1.29, 1.82) is 0 Å². The first-order chi connectivity index (χ1) is 8.26. The monoisotopic (exact) mass is 255 g/mol. The quantitative estimate of drug-likeness (QED) is 0.599. The molecule has 0 aliphatic heterocycles. The summed E-state index contributed by atoms with van der Waals surface area (Å²) in [5, 5.41) is 3.15. The molecule has 0 saturated heterocycles. The van der Waals surface area contributed by atoms with E-state index in [-0.39, 0.29) is 0 Å². The lowest BCUT2D eigenvalue weighted by Gasteiger charge is -2.13. The minimum absolute atomic E-state index is 0.928. The smallest absolute Gasteiger partial charge is 0.132 e. The molecule has 0 aliphatic carbocycles. The number of ether oxygens (including phenoxy) is 2. The summed E-state index contributed by atoms with van der Waals surface area (Å²) in [6.45, 7) is 1.01. The number of methoxy groups -OCH3 is 2. The Morgan fingerprint density at radius 3 is 2.41 bits per heavy atom. The zero-order chi connectivity index (χ0) is 12.7. The highest BCUT2D eigenvalue weighted by Gasteiger charge is 2.10. The average molecular weight is 255 g/mol. The highest BCUT2D eigenvalue weighted by Crippen LogP contribution is 2.34. The largest absolute Gasteiger partial charge is 0.496 e. The fourth-order valence-electron chi connectivity index (χ4n) is 1.74. The highest BCUT2D eigenvalue weighted by atomic mass is 32.2. The van der Waals surface area contributed by atoms with Crippen molar-refractivity contribution in [3.05, 3.63) is 17.7 Å². The van der Waals surface area contributed by atoms with Crippen molar-refractivity contribution >= 4 is 11.8 Å². The average Bonchev–Trinajstić information content (AvgIpc) is 2.38. The van der Waals surface area contributed by atoms with Crippen LogP contribution in [-0.4, -0.2) is 34.1 Å². The summed E-state index contributed by atoms with van der Waals surface area (Å²) in [5.74, 6) is 1.88. The van der Waals surface area contributed by atoms with E-state index in [0.717, 1.165) is 35.8 Å². The molecule has 17 heavy (non-hydrogen) atoms. The fraction of sp³-hybridized carbons (Fsp3) is 0.538. The van der Waals surface area contributed by atoms with E-state index < -0.39 is 0 Å². The molecule has 0 bridgehead atoms. The van der Waals surface area contributed by atoms with Gasteiger partial charge in [0.2, 0.25) is 0 Å². The van der Waals surface area contributed by atoms with Gasteiger partial charge in [0.15, 0.2) is 0 Å². The third kappa shape index (κ3) is 3.82. The Labute approximate surface area is 108 Å². The zero-order valence-electron chi connectivity index (χ0n) is 11.0. The van der Waals surface area contributed by atoms with Crippen LogP contribution in [0, 0.1) is 0 Å². The molecule has 0 amide bonds. The molecule has 0 spiro atoms. The molecule has 0 saturated carbocycles. The Hall–Kier alpha value is -0.870. The van der Waals surface area contributed by atoms with E-state index in [1.54, 1.807) is 26.0 Å². The Morgan fingerprint density at radius 1 is 1.18 bits per heavy atom. The summed E-state index contributed by atoms with van der Waals surface area (Å²) in [7, 11) is 5.39. The van der Waals surface area contributed by atoms with Gasteiger partial charge in [-0.25, -0.2) is 0 Å². The van der Waals surface area contributed by atoms with Gasteiger partial charge in [-0.05, 0) is 50.4 Å². The molecule has 1 N–H and O–H groups in total. The van der Waals surface area contributed by atoms with Gasteiger partial charge in [-0.15, -0.1) is 11.8 Å². The first kappa shape index (κ1) is 14.2. The number of benzene rings is 1. The summed E-state index contributed by atoms with van der Waals surface area (Å²) in [4.78, 5) is 1.11. The van der Waals surface area contributed by atoms with Crippen molar-refractivity contribution in [3.8, 4) is 11.5 Å². The molecule has 96 valence electrons. The number of nitrogens with one attached hydrogen (secondary N) is 1. The Bertz CT molecular complexity index is 356. The van der Waals surface area contributed by atoms with Gasteiger partial charge in [-0.3, -0.25) is 0 Å². The number of aryl methyl sites for hydroxylation is 1.